The highest BCUT2D eigenvalue weighted by atomic mass is 16.2. The maximum atomic E-state index is 11.7. The van der Waals surface area contributed by atoms with Crippen LogP contribution in [0.5, 0.6) is 0 Å². The first-order valence-electron chi connectivity index (χ1n) is 4.87. The van der Waals surface area contributed by atoms with Gasteiger partial charge >= 0.3 is 0 Å². The first kappa shape index (κ1) is 8.36. The second kappa shape index (κ2) is 2.76. The lowest BCUT2D eigenvalue weighted by Gasteiger charge is -2.15. The highest BCUT2D eigenvalue weighted by Crippen LogP contribution is 2.35. The fourth-order valence-corrected chi connectivity index (χ4v) is 2.16. The third kappa shape index (κ3) is 0.988. The largest absolute Gasteiger partial charge is 0.285 e. The van der Waals surface area contributed by atoms with Crippen LogP contribution in [0.2, 0.25) is 0 Å². The third-order valence-electron chi connectivity index (χ3n) is 2.88. The van der Waals surface area contributed by atoms with E-state index in [0.717, 1.165) is 17.6 Å². The van der Waals surface area contributed by atoms with Crippen molar-refractivity contribution >= 4 is 17.1 Å². The van der Waals surface area contributed by atoms with Gasteiger partial charge in [0.1, 0.15) is 0 Å². The number of rotatable bonds is 0. The van der Waals surface area contributed by atoms with E-state index in [2.05, 4.69) is 0 Å². The Bertz CT molecular complexity index is 547. The molecule has 1 aromatic carbocycles. The molecular formula is C13H8O2. The van der Waals surface area contributed by atoms with Gasteiger partial charge in [-0.1, -0.05) is 36.4 Å². The van der Waals surface area contributed by atoms with Crippen LogP contribution in [0.25, 0.3) is 5.57 Å². The van der Waals surface area contributed by atoms with E-state index in [-0.39, 0.29) is 11.6 Å². The van der Waals surface area contributed by atoms with E-state index in [1.54, 1.807) is 18.2 Å². The average molecular weight is 196 g/mol. The molecule has 0 radical (unpaired) electrons. The van der Waals surface area contributed by atoms with E-state index in [0.29, 0.717) is 11.1 Å². The predicted octanol–water partition coefficient (Wildman–Crippen LogP) is 2.17. The first-order valence-corrected chi connectivity index (χ1v) is 4.87. The number of fused-ring (bicyclic) bond motifs is 2. The van der Waals surface area contributed by atoms with Crippen LogP contribution in [0.1, 0.15) is 22.3 Å². The van der Waals surface area contributed by atoms with Gasteiger partial charge in [0.05, 0.1) is 0 Å². The van der Waals surface area contributed by atoms with Gasteiger partial charge < -0.3 is 0 Å². The Balaban J connectivity index is 2.34. The van der Waals surface area contributed by atoms with Crippen LogP contribution in [0.3, 0.4) is 0 Å². The van der Waals surface area contributed by atoms with E-state index in [1.807, 2.05) is 18.2 Å². The molecule has 2 aliphatic rings. The predicted molar refractivity (Wildman–Crippen MR) is 56.5 cm³/mol. The molecule has 0 N–H and O–H groups in total. The number of allylic oxidation sites excluding steroid dienone is 4. The van der Waals surface area contributed by atoms with Crippen LogP contribution < -0.4 is 0 Å². The second-order valence-corrected chi connectivity index (χ2v) is 3.70. The number of Topliss-reactive ketones (excluding diaryl/α,β-unsaturated/α-hetero) is 2. The van der Waals surface area contributed by atoms with Crippen LogP contribution >= 0.6 is 0 Å². The van der Waals surface area contributed by atoms with Crippen LogP contribution in [-0.4, -0.2) is 11.6 Å². The number of hydrogen-bond donors (Lipinski definition) is 0. The van der Waals surface area contributed by atoms with E-state index in [4.69, 9.17) is 0 Å². The van der Waals surface area contributed by atoms with Gasteiger partial charge in [-0.25, -0.2) is 0 Å². The van der Waals surface area contributed by atoms with Crippen LogP contribution in [-0.2, 0) is 4.79 Å². The molecular weight excluding hydrogens is 188 g/mol. The van der Waals surface area contributed by atoms with Crippen LogP contribution in [0, 0.1) is 0 Å². The molecule has 0 bridgehead atoms. The fourth-order valence-electron chi connectivity index (χ4n) is 2.16. The lowest BCUT2D eigenvalue weighted by atomic mass is 9.85. The summed E-state index contributed by atoms with van der Waals surface area (Å²) in [6.45, 7) is 0. The number of carbonyl (C=O) groups excluding carboxylic acids is 2. The van der Waals surface area contributed by atoms with Crippen LogP contribution in [0.4, 0.5) is 0 Å². The Morgan fingerprint density at radius 2 is 1.67 bits per heavy atom. The Morgan fingerprint density at radius 1 is 0.933 bits per heavy atom. The molecule has 0 heterocycles. The minimum absolute atomic E-state index is 0.363. The summed E-state index contributed by atoms with van der Waals surface area (Å²) in [5, 5.41) is 0. The Hall–Kier alpha value is -1.96. The Labute approximate surface area is 86.9 Å². The van der Waals surface area contributed by atoms with E-state index in [9.17, 15) is 9.59 Å². The molecule has 0 amide bonds. The first-order chi connectivity index (χ1) is 7.29. The van der Waals surface area contributed by atoms with E-state index < -0.39 is 0 Å². The van der Waals surface area contributed by atoms with Gasteiger partial charge in [0.15, 0.2) is 0 Å². The highest BCUT2D eigenvalue weighted by Gasteiger charge is 2.31. The van der Waals surface area contributed by atoms with E-state index in [1.165, 1.54) is 0 Å². The molecule has 0 aromatic heterocycles. The molecule has 72 valence electrons. The summed E-state index contributed by atoms with van der Waals surface area (Å²) < 4.78 is 0. The van der Waals surface area contributed by atoms with Crippen molar-refractivity contribution in [3.63, 3.8) is 0 Å². The zero-order valence-corrected chi connectivity index (χ0v) is 7.99. The van der Waals surface area contributed by atoms with Gasteiger partial charge in [0.2, 0.25) is 11.6 Å². The maximum Gasteiger partial charge on any atom is 0.234 e. The molecule has 2 nitrogen and oxygen atoms in total. The fraction of sp³-hybridized carbons (Fsp3) is 0.0769. The molecule has 2 aliphatic carbocycles. The highest BCUT2D eigenvalue weighted by molar-refractivity contribution is 6.53. The second-order valence-electron chi connectivity index (χ2n) is 3.70. The lowest BCUT2D eigenvalue weighted by molar-refractivity contribution is -0.111. The van der Waals surface area contributed by atoms with Gasteiger partial charge in [-0.15, -0.1) is 0 Å². The summed E-state index contributed by atoms with van der Waals surface area (Å²) in [5.41, 5.74) is 3.04. The summed E-state index contributed by atoms with van der Waals surface area (Å²) in [6.07, 6.45) is 4.44. The van der Waals surface area contributed by atoms with Crippen molar-refractivity contribution in [2.24, 2.45) is 0 Å². The Morgan fingerprint density at radius 3 is 2.47 bits per heavy atom. The van der Waals surface area contributed by atoms with Gasteiger partial charge in [0, 0.05) is 11.1 Å². The number of benzene rings is 1. The van der Waals surface area contributed by atoms with Crippen molar-refractivity contribution in [2.75, 3.05) is 0 Å². The van der Waals surface area contributed by atoms with Crippen molar-refractivity contribution < 1.29 is 9.59 Å². The van der Waals surface area contributed by atoms with Crippen LogP contribution in [0.15, 0.2) is 42.0 Å². The smallest absolute Gasteiger partial charge is 0.234 e. The number of hydrogen-bond acceptors (Lipinski definition) is 2. The monoisotopic (exact) mass is 196 g/mol. The van der Waals surface area contributed by atoms with E-state index >= 15 is 0 Å². The van der Waals surface area contributed by atoms with Crippen molar-refractivity contribution in [1.29, 1.82) is 0 Å². The molecule has 15 heavy (non-hydrogen) atoms. The molecule has 0 atom stereocenters. The molecule has 0 saturated carbocycles. The molecule has 0 unspecified atom stereocenters. The van der Waals surface area contributed by atoms with Gasteiger partial charge in [-0.05, 0) is 17.6 Å². The SMILES string of the molecule is O=C1C(=O)c2ccccc2C2=C1C=CC2. The van der Waals surface area contributed by atoms with Gasteiger partial charge in [-0.2, -0.15) is 0 Å². The summed E-state index contributed by atoms with van der Waals surface area (Å²) >= 11 is 0. The van der Waals surface area contributed by atoms with Crippen molar-refractivity contribution in [3.05, 3.63) is 53.1 Å². The summed E-state index contributed by atoms with van der Waals surface area (Å²) in [5.74, 6) is -0.742. The standard InChI is InChI=1S/C13H8O2/c14-12-10-5-2-1-4-8(10)9-6-3-7-11(9)13(12)15/h1-5,7H,6H2. The summed E-state index contributed by atoms with van der Waals surface area (Å²) in [4.78, 5) is 23.5. The van der Waals surface area contributed by atoms with Gasteiger partial charge in [-0.3, -0.25) is 9.59 Å². The normalized spacial score (nSPS) is 18.1. The minimum atomic E-state index is -0.379. The van der Waals surface area contributed by atoms with Crippen molar-refractivity contribution in [2.45, 2.75) is 6.42 Å². The summed E-state index contributed by atoms with van der Waals surface area (Å²) in [7, 11) is 0. The molecule has 3 rings (SSSR count). The summed E-state index contributed by atoms with van der Waals surface area (Å²) in [6, 6.07) is 7.31. The quantitative estimate of drug-likeness (QED) is 0.596. The minimum Gasteiger partial charge on any atom is -0.285 e. The average Bonchev–Trinajstić information content (AvgIpc) is 2.75. The maximum absolute atomic E-state index is 11.7. The molecule has 0 saturated heterocycles. The molecule has 0 aliphatic heterocycles. The molecule has 0 spiro atoms. The topological polar surface area (TPSA) is 34.1 Å². The van der Waals surface area contributed by atoms with Crippen molar-refractivity contribution in [1.82, 2.24) is 0 Å². The number of carbonyl (C=O) groups is 2. The third-order valence-corrected chi connectivity index (χ3v) is 2.88. The van der Waals surface area contributed by atoms with Gasteiger partial charge in [0.25, 0.3) is 0 Å². The lowest BCUT2D eigenvalue weighted by Crippen LogP contribution is -2.21. The Kier molecular flexibility index (Phi) is 1.54. The molecule has 1 aromatic rings. The number of ketones is 2. The molecule has 0 fully saturated rings. The molecule has 2 heteroatoms. The van der Waals surface area contributed by atoms with Crippen molar-refractivity contribution in [3.8, 4) is 0 Å². The zero-order valence-electron chi connectivity index (χ0n) is 7.99. The zero-order chi connectivity index (χ0) is 10.4.